The van der Waals surface area contributed by atoms with Crippen LogP contribution in [0.25, 0.3) is 11.0 Å². The van der Waals surface area contributed by atoms with Crippen LogP contribution in [-0.2, 0) is 6.42 Å². The number of nitrogens with one attached hydrogen (secondary N) is 1. The summed E-state index contributed by atoms with van der Waals surface area (Å²) < 4.78 is 13.2. The van der Waals surface area contributed by atoms with Gasteiger partial charge >= 0.3 is 0 Å². The molecule has 0 radical (unpaired) electrons. The lowest BCUT2D eigenvalue weighted by Crippen LogP contribution is -2.07. The first-order valence-electron chi connectivity index (χ1n) is 6.41. The molecule has 20 heavy (non-hydrogen) atoms. The number of aromatic amines is 1. The summed E-state index contributed by atoms with van der Waals surface area (Å²) in [6.45, 7) is 0. The molecule has 0 saturated carbocycles. The van der Waals surface area contributed by atoms with Gasteiger partial charge in [-0.3, -0.25) is 4.98 Å². The third kappa shape index (κ3) is 2.67. The summed E-state index contributed by atoms with van der Waals surface area (Å²) >= 11 is 4.40. The van der Waals surface area contributed by atoms with Crippen LogP contribution in [0, 0.1) is 5.82 Å². The van der Waals surface area contributed by atoms with Crippen molar-refractivity contribution < 1.29 is 4.39 Å². The van der Waals surface area contributed by atoms with E-state index in [9.17, 15) is 4.39 Å². The molecule has 5 heteroatoms. The van der Waals surface area contributed by atoms with Crippen molar-refractivity contribution in [2.24, 2.45) is 0 Å². The first kappa shape index (κ1) is 13.1. The molecule has 2 aromatic heterocycles. The molecule has 3 rings (SSSR count). The van der Waals surface area contributed by atoms with Gasteiger partial charge < -0.3 is 4.98 Å². The predicted molar refractivity (Wildman–Crippen MR) is 80.6 cm³/mol. The highest BCUT2D eigenvalue weighted by Crippen LogP contribution is 2.22. The fourth-order valence-corrected chi connectivity index (χ4v) is 2.57. The van der Waals surface area contributed by atoms with Crippen LogP contribution < -0.4 is 0 Å². The average Bonchev–Trinajstić information content (AvgIpc) is 2.88. The molecule has 1 atom stereocenters. The van der Waals surface area contributed by atoms with E-state index in [1.807, 2.05) is 12.1 Å². The molecule has 0 unspecified atom stereocenters. The van der Waals surface area contributed by atoms with Crippen molar-refractivity contribution in [3.63, 3.8) is 0 Å². The van der Waals surface area contributed by atoms with Gasteiger partial charge in [-0.25, -0.2) is 9.37 Å². The minimum Gasteiger partial charge on any atom is -0.340 e. The van der Waals surface area contributed by atoms with Crippen LogP contribution in [0.4, 0.5) is 4.39 Å². The van der Waals surface area contributed by atoms with Crippen molar-refractivity contribution in [3.8, 4) is 0 Å². The summed E-state index contributed by atoms with van der Waals surface area (Å²) in [5, 5.41) is 0. The lowest BCUT2D eigenvalue weighted by Gasteiger charge is -2.11. The fourth-order valence-electron chi connectivity index (χ4n) is 2.27. The smallest absolute Gasteiger partial charge is 0.123 e. The van der Waals surface area contributed by atoms with Gasteiger partial charge in [0.2, 0.25) is 0 Å². The minimum absolute atomic E-state index is 0.118. The quantitative estimate of drug-likeness (QED) is 0.723. The van der Waals surface area contributed by atoms with Gasteiger partial charge in [-0.1, -0.05) is 12.1 Å². The van der Waals surface area contributed by atoms with Crippen LogP contribution >= 0.6 is 12.6 Å². The second kappa shape index (κ2) is 5.63. The Hall–Kier alpha value is -1.88. The third-order valence-corrected chi connectivity index (χ3v) is 3.72. The van der Waals surface area contributed by atoms with E-state index in [0.717, 1.165) is 22.4 Å². The zero-order chi connectivity index (χ0) is 13.9. The van der Waals surface area contributed by atoms with Crippen molar-refractivity contribution >= 4 is 23.7 Å². The number of imidazole rings is 1. The molecule has 0 aliphatic rings. The van der Waals surface area contributed by atoms with Crippen molar-refractivity contribution in [1.29, 1.82) is 0 Å². The number of halogens is 1. The maximum absolute atomic E-state index is 13.2. The topological polar surface area (TPSA) is 41.6 Å². The van der Waals surface area contributed by atoms with E-state index < -0.39 is 0 Å². The number of H-pyrrole nitrogens is 1. The second-order valence-corrected chi connectivity index (χ2v) is 5.09. The van der Waals surface area contributed by atoms with E-state index in [0.29, 0.717) is 12.2 Å². The van der Waals surface area contributed by atoms with Gasteiger partial charge in [-0.2, -0.15) is 12.6 Å². The number of pyridine rings is 1. The molecule has 0 bridgehead atoms. The maximum Gasteiger partial charge on any atom is 0.123 e. The lowest BCUT2D eigenvalue weighted by atomic mass is 10.0. The van der Waals surface area contributed by atoms with Gasteiger partial charge in [0.25, 0.3) is 0 Å². The number of rotatable bonds is 4. The Labute approximate surface area is 121 Å². The van der Waals surface area contributed by atoms with Crippen molar-refractivity contribution in [2.75, 3.05) is 5.75 Å². The zero-order valence-corrected chi connectivity index (χ0v) is 11.6. The van der Waals surface area contributed by atoms with Gasteiger partial charge in [-0.15, -0.1) is 0 Å². The van der Waals surface area contributed by atoms with Crippen LogP contribution in [0.3, 0.4) is 0 Å². The minimum atomic E-state index is -0.214. The number of benzene rings is 1. The molecule has 2 heterocycles. The van der Waals surface area contributed by atoms with Gasteiger partial charge in [0.15, 0.2) is 0 Å². The average molecular weight is 287 g/mol. The standard InChI is InChI=1S/C15H14FN3S/c16-12-3-1-2-10(7-12)6-11(9-20)15-18-13-4-5-17-8-14(13)19-15/h1-5,7-8,11,20H,6,9H2,(H,18,19)/t11-/m1/s1. The summed E-state index contributed by atoms with van der Waals surface area (Å²) in [6.07, 6.45) is 4.17. The summed E-state index contributed by atoms with van der Waals surface area (Å²) in [5.74, 6) is 1.41. The van der Waals surface area contributed by atoms with E-state index in [2.05, 4.69) is 27.6 Å². The maximum atomic E-state index is 13.2. The Morgan fingerprint density at radius 3 is 2.95 bits per heavy atom. The molecule has 0 fully saturated rings. The first-order chi connectivity index (χ1) is 9.76. The van der Waals surface area contributed by atoms with Crippen molar-refractivity contribution in [2.45, 2.75) is 12.3 Å². The predicted octanol–water partition coefficient (Wildman–Crippen LogP) is 3.35. The molecule has 3 nitrogen and oxygen atoms in total. The molecule has 0 spiro atoms. The molecule has 0 amide bonds. The van der Waals surface area contributed by atoms with Gasteiger partial charge in [0.1, 0.15) is 11.6 Å². The molecular weight excluding hydrogens is 273 g/mol. The third-order valence-electron chi connectivity index (χ3n) is 3.28. The van der Waals surface area contributed by atoms with Crippen LogP contribution in [0.15, 0.2) is 42.7 Å². The summed E-state index contributed by atoms with van der Waals surface area (Å²) in [4.78, 5) is 11.9. The molecule has 0 aliphatic heterocycles. The number of fused-ring (bicyclic) bond motifs is 1. The number of nitrogens with zero attached hydrogens (tertiary/aromatic N) is 2. The van der Waals surface area contributed by atoms with E-state index in [-0.39, 0.29) is 11.7 Å². The van der Waals surface area contributed by atoms with Gasteiger partial charge in [0, 0.05) is 17.9 Å². The Bertz CT molecular complexity index is 693. The molecule has 1 N–H and O–H groups in total. The van der Waals surface area contributed by atoms with Crippen LogP contribution in [0.5, 0.6) is 0 Å². The number of hydrogen-bond donors (Lipinski definition) is 2. The molecule has 0 aliphatic carbocycles. The summed E-state index contributed by atoms with van der Waals surface area (Å²) in [5.41, 5.74) is 2.75. The molecule has 3 aromatic rings. The second-order valence-electron chi connectivity index (χ2n) is 4.73. The summed E-state index contributed by atoms with van der Waals surface area (Å²) in [7, 11) is 0. The Morgan fingerprint density at radius 2 is 2.20 bits per heavy atom. The molecular formula is C15H14FN3S. The van der Waals surface area contributed by atoms with Crippen LogP contribution in [-0.4, -0.2) is 20.7 Å². The first-order valence-corrected chi connectivity index (χ1v) is 7.04. The SMILES string of the molecule is Fc1cccc(C[C@H](CS)c2nc3ccncc3[nH]2)c1. The Kier molecular flexibility index (Phi) is 3.69. The number of thiol groups is 1. The Balaban J connectivity index is 1.89. The van der Waals surface area contributed by atoms with Crippen molar-refractivity contribution in [1.82, 2.24) is 15.0 Å². The highest BCUT2D eigenvalue weighted by Gasteiger charge is 2.15. The normalized spacial score (nSPS) is 12.7. The highest BCUT2D eigenvalue weighted by atomic mass is 32.1. The molecule has 102 valence electrons. The monoisotopic (exact) mass is 287 g/mol. The van der Waals surface area contributed by atoms with E-state index in [1.54, 1.807) is 24.5 Å². The number of aromatic nitrogens is 3. The summed E-state index contributed by atoms with van der Waals surface area (Å²) in [6, 6.07) is 8.52. The van der Waals surface area contributed by atoms with E-state index in [1.165, 1.54) is 6.07 Å². The molecule has 1 aromatic carbocycles. The van der Waals surface area contributed by atoms with Crippen LogP contribution in [0.2, 0.25) is 0 Å². The largest absolute Gasteiger partial charge is 0.340 e. The van der Waals surface area contributed by atoms with E-state index >= 15 is 0 Å². The fraction of sp³-hybridized carbons (Fsp3) is 0.200. The van der Waals surface area contributed by atoms with Gasteiger partial charge in [0.05, 0.1) is 17.2 Å². The zero-order valence-electron chi connectivity index (χ0n) is 10.8. The lowest BCUT2D eigenvalue weighted by molar-refractivity contribution is 0.622. The van der Waals surface area contributed by atoms with Crippen LogP contribution in [0.1, 0.15) is 17.3 Å². The van der Waals surface area contributed by atoms with Crippen molar-refractivity contribution in [3.05, 3.63) is 59.9 Å². The van der Waals surface area contributed by atoms with Gasteiger partial charge in [-0.05, 0) is 30.2 Å². The van der Waals surface area contributed by atoms with E-state index in [4.69, 9.17) is 0 Å². The molecule has 0 saturated heterocycles. The highest BCUT2D eigenvalue weighted by molar-refractivity contribution is 7.80. The Morgan fingerprint density at radius 1 is 1.30 bits per heavy atom. The number of hydrogen-bond acceptors (Lipinski definition) is 3.